The first-order valence-corrected chi connectivity index (χ1v) is 5.49. The van der Waals surface area contributed by atoms with E-state index in [0.29, 0.717) is 17.8 Å². The van der Waals surface area contributed by atoms with Crippen LogP contribution < -0.4 is 0 Å². The average molecular weight is 248 g/mol. The van der Waals surface area contributed by atoms with Crippen LogP contribution in [0.25, 0.3) is 0 Å². The molecule has 0 saturated heterocycles. The Hall–Kier alpha value is -2.80. The van der Waals surface area contributed by atoms with Crippen LogP contribution in [0.1, 0.15) is 11.1 Å². The molecule has 2 rings (SSSR count). The minimum absolute atomic E-state index is 0.533. The van der Waals surface area contributed by atoms with E-state index in [0.717, 1.165) is 11.1 Å². The van der Waals surface area contributed by atoms with Crippen LogP contribution in [0.4, 0.5) is 11.4 Å². The lowest BCUT2D eigenvalue weighted by Gasteiger charge is -2.02. The molecule has 4 nitrogen and oxygen atoms in total. The van der Waals surface area contributed by atoms with Gasteiger partial charge in [-0.2, -0.15) is 9.98 Å². The normalized spacial score (nSPS) is 9.26. The summed E-state index contributed by atoms with van der Waals surface area (Å²) in [4.78, 5) is 27.5. The molecule has 0 amide bonds. The van der Waals surface area contributed by atoms with Crippen molar-refractivity contribution in [2.75, 3.05) is 0 Å². The van der Waals surface area contributed by atoms with Gasteiger partial charge in [-0.15, -0.1) is 0 Å². The number of hydrogen-bond donors (Lipinski definition) is 0. The maximum Gasteiger partial charge on any atom is 0.240 e. The number of benzene rings is 2. The van der Waals surface area contributed by atoms with Crippen molar-refractivity contribution in [3.05, 3.63) is 59.7 Å². The number of aliphatic imine (C=N–C) groups is 2. The van der Waals surface area contributed by atoms with Gasteiger partial charge in [0.2, 0.25) is 12.2 Å². The van der Waals surface area contributed by atoms with Gasteiger partial charge in [0.25, 0.3) is 0 Å². The Morgan fingerprint density at radius 1 is 0.895 bits per heavy atom. The Morgan fingerprint density at radius 3 is 1.79 bits per heavy atom. The molecule has 0 unspecified atom stereocenters. The number of nitrogens with zero attached hydrogens (tertiary/aromatic N) is 2. The van der Waals surface area contributed by atoms with Crippen molar-refractivity contribution in [2.45, 2.75) is 6.42 Å². The number of rotatable bonds is 4. The minimum Gasteiger partial charge on any atom is -0.211 e. The van der Waals surface area contributed by atoms with Crippen molar-refractivity contribution in [2.24, 2.45) is 9.98 Å². The fourth-order valence-electron chi connectivity index (χ4n) is 1.66. The van der Waals surface area contributed by atoms with E-state index in [1.807, 2.05) is 0 Å². The number of carbonyl (C=O) groups excluding carboxylic acids is 2. The molecule has 2 aromatic rings. The molecular weight excluding hydrogens is 240 g/mol. The summed E-state index contributed by atoms with van der Waals surface area (Å²) in [5, 5.41) is 0. The van der Waals surface area contributed by atoms with Crippen molar-refractivity contribution in [3.63, 3.8) is 0 Å². The summed E-state index contributed by atoms with van der Waals surface area (Å²) in [6.45, 7) is 0. The summed E-state index contributed by atoms with van der Waals surface area (Å²) in [6.07, 6.45) is 3.55. The smallest absolute Gasteiger partial charge is 0.211 e. The molecule has 90 valence electrons. The molecule has 0 aliphatic heterocycles. The van der Waals surface area contributed by atoms with Crippen molar-refractivity contribution < 1.29 is 9.59 Å². The second-order valence-electron chi connectivity index (χ2n) is 3.73. The number of isocyanates is 2. The maximum atomic E-state index is 10.2. The zero-order valence-corrected chi connectivity index (χ0v) is 9.88. The van der Waals surface area contributed by atoms with Gasteiger partial charge in [0.1, 0.15) is 0 Å². The SMILES string of the molecule is O=C=Nc1cc[c]c(Cc2[c]ccc(N=C=O)c2)c1. The topological polar surface area (TPSA) is 58.9 Å². The van der Waals surface area contributed by atoms with E-state index in [1.54, 1.807) is 36.4 Å². The van der Waals surface area contributed by atoms with Crippen LogP contribution in [0.15, 0.2) is 46.4 Å². The molecule has 4 heteroatoms. The van der Waals surface area contributed by atoms with E-state index in [-0.39, 0.29) is 0 Å². The van der Waals surface area contributed by atoms with E-state index >= 15 is 0 Å². The second-order valence-corrected chi connectivity index (χ2v) is 3.73. The maximum absolute atomic E-state index is 10.2. The van der Waals surface area contributed by atoms with E-state index in [9.17, 15) is 9.59 Å². The van der Waals surface area contributed by atoms with Crippen LogP contribution in [0.3, 0.4) is 0 Å². The Morgan fingerprint density at radius 2 is 1.37 bits per heavy atom. The highest BCUT2D eigenvalue weighted by Crippen LogP contribution is 2.18. The fraction of sp³-hybridized carbons (Fsp3) is 0.0667. The van der Waals surface area contributed by atoms with Crippen LogP contribution in [-0.4, -0.2) is 12.2 Å². The van der Waals surface area contributed by atoms with Gasteiger partial charge in [0.15, 0.2) is 0 Å². The summed E-state index contributed by atoms with van der Waals surface area (Å²) in [5.41, 5.74) is 2.79. The van der Waals surface area contributed by atoms with E-state index < -0.39 is 0 Å². The molecule has 0 saturated carbocycles. The van der Waals surface area contributed by atoms with E-state index in [4.69, 9.17) is 0 Å². The molecule has 0 N–H and O–H groups in total. The summed E-state index contributed by atoms with van der Waals surface area (Å²) in [7, 11) is 0. The van der Waals surface area contributed by atoms with Crippen LogP contribution in [0.2, 0.25) is 0 Å². The highest BCUT2D eigenvalue weighted by molar-refractivity contribution is 5.52. The van der Waals surface area contributed by atoms with Crippen LogP contribution >= 0.6 is 0 Å². The lowest BCUT2D eigenvalue weighted by Crippen LogP contribution is -1.88. The summed E-state index contributed by atoms with van der Waals surface area (Å²) in [6, 6.07) is 16.3. The van der Waals surface area contributed by atoms with Crippen molar-refractivity contribution in [1.82, 2.24) is 0 Å². The first-order chi connectivity index (χ1) is 9.31. The Balaban J connectivity index is 2.25. The van der Waals surface area contributed by atoms with Gasteiger partial charge >= 0.3 is 0 Å². The predicted octanol–water partition coefficient (Wildman–Crippen LogP) is 2.81. The molecule has 0 aliphatic carbocycles. The first kappa shape index (κ1) is 12.7. The van der Waals surface area contributed by atoms with Gasteiger partial charge in [-0.1, -0.05) is 12.1 Å². The Labute approximate surface area is 110 Å². The summed E-state index contributed by atoms with van der Waals surface area (Å²) < 4.78 is 0. The molecule has 0 aliphatic rings. The number of hydrogen-bond acceptors (Lipinski definition) is 4. The van der Waals surface area contributed by atoms with Gasteiger partial charge in [-0.25, -0.2) is 9.59 Å². The van der Waals surface area contributed by atoms with Crippen molar-refractivity contribution in [3.8, 4) is 0 Å². The molecular formula is C15H8N2O2. The first-order valence-electron chi connectivity index (χ1n) is 5.49. The Kier molecular flexibility index (Phi) is 4.14. The molecule has 2 radical (unpaired) electrons. The average Bonchev–Trinajstić information content (AvgIpc) is 2.40. The molecule has 0 bridgehead atoms. The molecule has 0 fully saturated rings. The van der Waals surface area contributed by atoms with E-state index in [2.05, 4.69) is 22.1 Å². The third-order valence-corrected chi connectivity index (χ3v) is 2.42. The minimum atomic E-state index is 0.533. The zero-order valence-electron chi connectivity index (χ0n) is 9.88. The molecule has 0 heterocycles. The predicted molar refractivity (Wildman–Crippen MR) is 68.9 cm³/mol. The third-order valence-electron chi connectivity index (χ3n) is 2.42. The van der Waals surface area contributed by atoms with Crippen LogP contribution in [0, 0.1) is 12.1 Å². The van der Waals surface area contributed by atoms with Crippen LogP contribution in [0.5, 0.6) is 0 Å². The molecule has 19 heavy (non-hydrogen) atoms. The van der Waals surface area contributed by atoms with Gasteiger partial charge in [0, 0.05) is 0 Å². The summed E-state index contributed by atoms with van der Waals surface area (Å²) in [5.74, 6) is 0. The van der Waals surface area contributed by atoms with E-state index in [1.165, 1.54) is 12.2 Å². The standard InChI is InChI=1S/C15H8N2O2/c18-10-16-14-5-1-3-12(8-14)7-13-4-2-6-15(9-13)17-11-19/h1-2,5-6,8-9H,7H2. The Bertz CT molecular complexity index is 623. The lowest BCUT2D eigenvalue weighted by atomic mass is 10.0. The van der Waals surface area contributed by atoms with Crippen molar-refractivity contribution in [1.29, 1.82) is 0 Å². The highest BCUT2D eigenvalue weighted by Gasteiger charge is 2.00. The molecule has 0 spiro atoms. The van der Waals surface area contributed by atoms with Gasteiger partial charge in [-0.3, -0.25) is 0 Å². The van der Waals surface area contributed by atoms with Crippen LogP contribution in [-0.2, 0) is 16.0 Å². The lowest BCUT2D eigenvalue weighted by molar-refractivity contribution is 0.564. The zero-order chi connectivity index (χ0) is 13.5. The van der Waals surface area contributed by atoms with Gasteiger partial charge < -0.3 is 0 Å². The second kappa shape index (κ2) is 6.22. The quantitative estimate of drug-likeness (QED) is 0.617. The molecule has 0 aromatic heterocycles. The van der Waals surface area contributed by atoms with Gasteiger partial charge in [0.05, 0.1) is 11.4 Å². The highest BCUT2D eigenvalue weighted by atomic mass is 16.1. The molecule has 0 atom stereocenters. The molecule has 2 aromatic carbocycles. The van der Waals surface area contributed by atoms with Crippen molar-refractivity contribution >= 4 is 23.5 Å². The van der Waals surface area contributed by atoms with Gasteiger partial charge in [-0.05, 0) is 53.9 Å². The fourth-order valence-corrected chi connectivity index (χ4v) is 1.66. The monoisotopic (exact) mass is 248 g/mol. The third kappa shape index (κ3) is 3.58. The summed E-state index contributed by atoms with van der Waals surface area (Å²) >= 11 is 0. The largest absolute Gasteiger partial charge is 0.240 e.